The Bertz CT molecular complexity index is 482. The molecule has 18 heavy (non-hydrogen) atoms. The lowest BCUT2D eigenvalue weighted by atomic mass is 9.85. The van der Waals surface area contributed by atoms with Gasteiger partial charge in [-0.15, -0.1) is 0 Å². The molecule has 0 amide bonds. The highest BCUT2D eigenvalue weighted by molar-refractivity contribution is 7.99. The summed E-state index contributed by atoms with van der Waals surface area (Å²) < 4.78 is 10.8. The summed E-state index contributed by atoms with van der Waals surface area (Å²) in [4.78, 5) is 12.2. The van der Waals surface area contributed by atoms with Gasteiger partial charge in [0.05, 0.1) is 17.4 Å². The predicted molar refractivity (Wildman–Crippen MR) is 69.5 cm³/mol. The first kappa shape index (κ1) is 13.1. The van der Waals surface area contributed by atoms with Crippen LogP contribution in [0.1, 0.15) is 19.4 Å². The van der Waals surface area contributed by atoms with Gasteiger partial charge < -0.3 is 14.6 Å². The first-order chi connectivity index (χ1) is 8.44. The third-order valence-corrected chi connectivity index (χ3v) is 3.85. The molecule has 0 aromatic heterocycles. The Morgan fingerprint density at radius 2 is 2.28 bits per heavy atom. The number of benzene rings is 1. The van der Waals surface area contributed by atoms with Crippen LogP contribution < -0.4 is 9.47 Å². The molecular formula is C13H16O4S. The molecule has 4 nitrogen and oxygen atoms in total. The number of thioether (sulfide) groups is 1. The highest BCUT2D eigenvalue weighted by Crippen LogP contribution is 2.42. The molecule has 1 aromatic carbocycles. The van der Waals surface area contributed by atoms with Gasteiger partial charge in [-0.3, -0.25) is 4.79 Å². The maximum atomic E-state index is 11.2. The van der Waals surface area contributed by atoms with E-state index in [1.807, 2.05) is 12.1 Å². The molecule has 5 heteroatoms. The molecule has 1 N–H and O–H groups in total. The van der Waals surface area contributed by atoms with Gasteiger partial charge in [-0.25, -0.2) is 0 Å². The summed E-state index contributed by atoms with van der Waals surface area (Å²) in [5.41, 5.74) is 0.0407. The SMILES string of the molecule is COc1cc2c(cc1CC(C)(C)C(=O)O)OCS2. The number of rotatable bonds is 4. The standard InChI is InChI=1S/C13H16O4S/c1-13(2,12(14)15)6-8-4-10-11(18-7-17-10)5-9(8)16-3/h4-5H,6-7H2,1-3H3,(H,14,15). The molecule has 1 heterocycles. The number of hydrogen-bond acceptors (Lipinski definition) is 4. The van der Waals surface area contributed by atoms with Crippen LogP contribution in [-0.4, -0.2) is 24.1 Å². The Balaban J connectivity index is 2.35. The van der Waals surface area contributed by atoms with Gasteiger partial charge in [-0.1, -0.05) is 11.8 Å². The summed E-state index contributed by atoms with van der Waals surface area (Å²) in [5.74, 6) is 1.32. The highest BCUT2D eigenvalue weighted by atomic mass is 32.2. The van der Waals surface area contributed by atoms with E-state index in [1.165, 1.54) is 0 Å². The van der Waals surface area contributed by atoms with Crippen LogP contribution in [0.4, 0.5) is 0 Å². The quantitative estimate of drug-likeness (QED) is 0.910. The van der Waals surface area contributed by atoms with Crippen LogP contribution in [0.5, 0.6) is 11.5 Å². The second-order valence-electron chi connectivity index (χ2n) is 4.88. The third-order valence-electron chi connectivity index (χ3n) is 2.99. The van der Waals surface area contributed by atoms with E-state index in [2.05, 4.69) is 0 Å². The zero-order valence-electron chi connectivity index (χ0n) is 10.6. The Hall–Kier alpha value is -1.36. The molecular weight excluding hydrogens is 252 g/mol. The topological polar surface area (TPSA) is 55.8 Å². The summed E-state index contributed by atoms with van der Waals surface area (Å²) >= 11 is 1.61. The molecule has 0 saturated heterocycles. The number of methoxy groups -OCH3 is 1. The van der Waals surface area contributed by atoms with E-state index in [-0.39, 0.29) is 0 Å². The van der Waals surface area contributed by atoms with Crippen LogP contribution in [0, 0.1) is 5.41 Å². The smallest absolute Gasteiger partial charge is 0.309 e. The molecule has 0 aliphatic carbocycles. The van der Waals surface area contributed by atoms with Crippen molar-refractivity contribution >= 4 is 17.7 Å². The molecule has 0 spiro atoms. The van der Waals surface area contributed by atoms with Crippen molar-refractivity contribution < 1.29 is 19.4 Å². The van der Waals surface area contributed by atoms with E-state index < -0.39 is 11.4 Å². The number of carboxylic acids is 1. The number of hydrogen-bond donors (Lipinski definition) is 1. The minimum atomic E-state index is -0.826. The zero-order valence-corrected chi connectivity index (χ0v) is 11.5. The fourth-order valence-corrected chi connectivity index (χ4v) is 2.61. The minimum absolute atomic E-state index is 0.410. The molecule has 1 aromatic rings. The molecule has 98 valence electrons. The van der Waals surface area contributed by atoms with Gasteiger partial charge in [0.15, 0.2) is 0 Å². The van der Waals surface area contributed by atoms with Crippen LogP contribution in [-0.2, 0) is 11.2 Å². The van der Waals surface area contributed by atoms with Crippen LogP contribution in [0.15, 0.2) is 17.0 Å². The molecule has 2 rings (SSSR count). The van der Waals surface area contributed by atoms with E-state index in [9.17, 15) is 9.90 Å². The summed E-state index contributed by atoms with van der Waals surface area (Å²) in [6.45, 7) is 3.41. The van der Waals surface area contributed by atoms with Crippen molar-refractivity contribution in [1.82, 2.24) is 0 Å². The molecule has 0 unspecified atom stereocenters. The Labute approximate surface area is 110 Å². The lowest BCUT2D eigenvalue weighted by molar-refractivity contribution is -0.146. The number of fused-ring (bicyclic) bond motifs is 1. The number of aliphatic carboxylic acids is 1. The maximum absolute atomic E-state index is 11.2. The van der Waals surface area contributed by atoms with E-state index in [0.29, 0.717) is 12.4 Å². The third kappa shape index (κ3) is 2.41. The number of carboxylic acid groups (broad SMARTS) is 1. The maximum Gasteiger partial charge on any atom is 0.309 e. The van der Waals surface area contributed by atoms with Crippen molar-refractivity contribution in [2.24, 2.45) is 5.41 Å². The van der Waals surface area contributed by atoms with Gasteiger partial charge in [0, 0.05) is 0 Å². The summed E-state index contributed by atoms with van der Waals surface area (Å²) in [5, 5.41) is 9.18. The van der Waals surface area contributed by atoms with Crippen molar-refractivity contribution in [3.8, 4) is 11.5 Å². The first-order valence-corrected chi connectivity index (χ1v) is 6.62. The first-order valence-electron chi connectivity index (χ1n) is 5.64. The molecule has 0 radical (unpaired) electrons. The Morgan fingerprint density at radius 1 is 1.56 bits per heavy atom. The lowest BCUT2D eigenvalue weighted by Gasteiger charge is -2.21. The van der Waals surface area contributed by atoms with Crippen molar-refractivity contribution in [1.29, 1.82) is 0 Å². The highest BCUT2D eigenvalue weighted by Gasteiger charge is 2.29. The van der Waals surface area contributed by atoms with Gasteiger partial charge in [-0.2, -0.15) is 0 Å². The van der Waals surface area contributed by atoms with Crippen molar-refractivity contribution in [2.45, 2.75) is 25.2 Å². The minimum Gasteiger partial charge on any atom is -0.496 e. The van der Waals surface area contributed by atoms with Crippen LogP contribution in [0.3, 0.4) is 0 Å². The average molecular weight is 268 g/mol. The fourth-order valence-electron chi connectivity index (χ4n) is 1.85. The molecule has 0 fully saturated rings. The zero-order chi connectivity index (χ0) is 13.3. The normalized spacial score (nSPS) is 13.9. The summed E-state index contributed by atoms with van der Waals surface area (Å²) in [7, 11) is 1.60. The summed E-state index contributed by atoms with van der Waals surface area (Å²) in [6.07, 6.45) is 0.410. The van der Waals surface area contributed by atoms with E-state index >= 15 is 0 Å². The van der Waals surface area contributed by atoms with Crippen molar-refractivity contribution in [2.75, 3.05) is 13.0 Å². The van der Waals surface area contributed by atoms with Gasteiger partial charge >= 0.3 is 5.97 Å². The molecule has 1 aliphatic rings. The van der Waals surface area contributed by atoms with E-state index in [4.69, 9.17) is 9.47 Å². The monoisotopic (exact) mass is 268 g/mol. The predicted octanol–water partition coefficient (Wildman–Crippen LogP) is 2.79. The van der Waals surface area contributed by atoms with Crippen molar-refractivity contribution in [3.05, 3.63) is 17.7 Å². The van der Waals surface area contributed by atoms with Crippen LogP contribution >= 0.6 is 11.8 Å². The van der Waals surface area contributed by atoms with Gasteiger partial charge in [-0.05, 0) is 38.0 Å². The largest absolute Gasteiger partial charge is 0.496 e. The van der Waals surface area contributed by atoms with Crippen molar-refractivity contribution in [3.63, 3.8) is 0 Å². The average Bonchev–Trinajstić information content (AvgIpc) is 2.74. The molecule has 1 aliphatic heterocycles. The lowest BCUT2D eigenvalue weighted by Crippen LogP contribution is -2.26. The number of ether oxygens (including phenoxy) is 2. The van der Waals surface area contributed by atoms with Crippen LogP contribution in [0.2, 0.25) is 0 Å². The fraction of sp³-hybridized carbons (Fsp3) is 0.462. The number of carbonyl (C=O) groups is 1. The van der Waals surface area contributed by atoms with E-state index in [0.717, 1.165) is 22.0 Å². The van der Waals surface area contributed by atoms with Gasteiger partial charge in [0.2, 0.25) is 0 Å². The second-order valence-corrected chi connectivity index (χ2v) is 5.85. The van der Waals surface area contributed by atoms with E-state index in [1.54, 1.807) is 32.7 Å². The second kappa shape index (κ2) is 4.72. The van der Waals surface area contributed by atoms with Gasteiger partial charge in [0.1, 0.15) is 17.4 Å². The summed E-state index contributed by atoms with van der Waals surface area (Å²) in [6, 6.07) is 3.80. The van der Waals surface area contributed by atoms with Crippen LogP contribution in [0.25, 0.3) is 0 Å². The molecule has 0 saturated carbocycles. The van der Waals surface area contributed by atoms with Gasteiger partial charge in [0.25, 0.3) is 0 Å². The Kier molecular flexibility index (Phi) is 3.43. The molecule has 0 bridgehead atoms. The Morgan fingerprint density at radius 3 is 2.89 bits per heavy atom. The molecule has 0 atom stereocenters.